The van der Waals surface area contributed by atoms with Crippen LogP contribution < -0.4 is 0 Å². The molecule has 0 fully saturated rings. The molecule has 0 aliphatic carbocycles. The summed E-state index contributed by atoms with van der Waals surface area (Å²) in [5.41, 5.74) is -0.643. The van der Waals surface area contributed by atoms with Gasteiger partial charge < -0.3 is 4.74 Å². The Morgan fingerprint density at radius 3 is 2.39 bits per heavy atom. The Morgan fingerprint density at radius 1 is 1.11 bits per heavy atom. The number of esters is 1. The Labute approximate surface area is 166 Å². The Morgan fingerprint density at radius 2 is 1.79 bits per heavy atom. The average molecular weight is 449 g/mol. The molecule has 9 heteroatoms. The summed E-state index contributed by atoms with van der Waals surface area (Å²) in [4.78, 5) is 26.0. The van der Waals surface area contributed by atoms with E-state index in [1.165, 1.54) is 24.3 Å². The second kappa shape index (κ2) is 7.81. The van der Waals surface area contributed by atoms with Crippen LogP contribution in [0.25, 0.3) is 22.4 Å². The number of pyridine rings is 1. The fourth-order valence-corrected chi connectivity index (χ4v) is 2.96. The van der Waals surface area contributed by atoms with Crippen molar-refractivity contribution in [2.24, 2.45) is 0 Å². The number of nitrogens with zero attached hydrogens (tertiary/aromatic N) is 2. The van der Waals surface area contributed by atoms with Crippen molar-refractivity contribution in [3.8, 4) is 22.4 Å². The zero-order chi connectivity index (χ0) is 20.4. The predicted molar refractivity (Wildman–Crippen MR) is 101 cm³/mol. The highest BCUT2D eigenvalue weighted by atomic mass is 79.9. The minimum Gasteiger partial charge on any atom is -0.465 e. The summed E-state index contributed by atoms with van der Waals surface area (Å²) in [6.07, 6.45) is 1.07. The first-order chi connectivity index (χ1) is 13.3. The standard InChI is InChI=1S/C19H11BrF2N2O4/c1-28-19(25)11-7-17(24(26)27)18(23-9-11)14-4-2-10(6-15(14)21)13-5-3-12(20)8-16(13)22/h2-9H,1H3. The van der Waals surface area contributed by atoms with Crippen molar-refractivity contribution in [2.75, 3.05) is 7.11 Å². The maximum Gasteiger partial charge on any atom is 0.339 e. The van der Waals surface area contributed by atoms with Crippen LogP contribution in [0.5, 0.6) is 0 Å². The van der Waals surface area contributed by atoms with E-state index in [0.717, 1.165) is 25.4 Å². The second-order valence-corrected chi connectivity index (χ2v) is 6.57. The van der Waals surface area contributed by atoms with Gasteiger partial charge in [0, 0.05) is 27.9 Å². The van der Waals surface area contributed by atoms with Crippen molar-refractivity contribution < 1.29 is 23.2 Å². The molecule has 0 atom stereocenters. The summed E-state index contributed by atoms with van der Waals surface area (Å²) in [6, 6.07) is 9.10. The van der Waals surface area contributed by atoms with Gasteiger partial charge in [0.15, 0.2) is 5.69 Å². The van der Waals surface area contributed by atoms with E-state index in [-0.39, 0.29) is 27.9 Å². The van der Waals surface area contributed by atoms with Gasteiger partial charge in [-0.3, -0.25) is 10.1 Å². The molecule has 2 aromatic carbocycles. The lowest BCUT2D eigenvalue weighted by molar-refractivity contribution is -0.384. The number of rotatable bonds is 4. The average Bonchev–Trinajstić information content (AvgIpc) is 2.67. The molecule has 0 spiro atoms. The van der Waals surface area contributed by atoms with Crippen LogP contribution in [0.3, 0.4) is 0 Å². The number of halogens is 3. The monoisotopic (exact) mass is 448 g/mol. The van der Waals surface area contributed by atoms with E-state index in [9.17, 15) is 23.7 Å². The molecule has 0 saturated carbocycles. The third kappa shape index (κ3) is 3.74. The zero-order valence-corrected chi connectivity index (χ0v) is 15.9. The predicted octanol–water partition coefficient (Wildman–Crippen LogP) is 5.15. The van der Waals surface area contributed by atoms with Gasteiger partial charge in [-0.05, 0) is 29.8 Å². The molecule has 3 rings (SSSR count). The van der Waals surface area contributed by atoms with Gasteiger partial charge in [0.1, 0.15) is 11.6 Å². The van der Waals surface area contributed by atoms with Crippen molar-refractivity contribution >= 4 is 27.6 Å². The molecule has 0 saturated heterocycles. The summed E-state index contributed by atoms with van der Waals surface area (Å²) in [5, 5.41) is 11.4. The Balaban J connectivity index is 2.10. The van der Waals surface area contributed by atoms with Gasteiger partial charge in [-0.15, -0.1) is 0 Å². The largest absolute Gasteiger partial charge is 0.465 e. The molecule has 28 heavy (non-hydrogen) atoms. The molecule has 6 nitrogen and oxygen atoms in total. The van der Waals surface area contributed by atoms with Crippen LogP contribution in [0.2, 0.25) is 0 Å². The van der Waals surface area contributed by atoms with Crippen molar-refractivity contribution in [2.45, 2.75) is 0 Å². The van der Waals surface area contributed by atoms with E-state index in [1.54, 1.807) is 6.07 Å². The van der Waals surface area contributed by atoms with Gasteiger partial charge in [0.05, 0.1) is 17.6 Å². The fourth-order valence-electron chi connectivity index (χ4n) is 2.63. The number of hydrogen-bond donors (Lipinski definition) is 0. The third-order valence-electron chi connectivity index (χ3n) is 3.95. The first-order valence-electron chi connectivity index (χ1n) is 7.80. The molecule has 0 bridgehead atoms. The zero-order valence-electron chi connectivity index (χ0n) is 14.3. The number of ether oxygens (including phenoxy) is 1. The van der Waals surface area contributed by atoms with E-state index < -0.39 is 28.2 Å². The summed E-state index contributed by atoms with van der Waals surface area (Å²) in [5.74, 6) is -2.17. The van der Waals surface area contributed by atoms with Crippen LogP contribution >= 0.6 is 15.9 Å². The molecule has 1 heterocycles. The van der Waals surface area contributed by atoms with Gasteiger partial charge in [-0.25, -0.2) is 18.6 Å². The van der Waals surface area contributed by atoms with Crippen molar-refractivity contribution in [3.63, 3.8) is 0 Å². The van der Waals surface area contributed by atoms with Crippen molar-refractivity contribution in [1.29, 1.82) is 0 Å². The van der Waals surface area contributed by atoms with E-state index >= 15 is 0 Å². The van der Waals surface area contributed by atoms with Gasteiger partial charge in [0.2, 0.25) is 0 Å². The summed E-state index contributed by atoms with van der Waals surface area (Å²) in [6.45, 7) is 0. The lowest BCUT2D eigenvalue weighted by Gasteiger charge is -2.09. The third-order valence-corrected chi connectivity index (χ3v) is 4.44. The topological polar surface area (TPSA) is 82.3 Å². The van der Waals surface area contributed by atoms with Crippen LogP contribution in [0.15, 0.2) is 53.1 Å². The second-order valence-electron chi connectivity index (χ2n) is 5.66. The first-order valence-corrected chi connectivity index (χ1v) is 8.59. The smallest absolute Gasteiger partial charge is 0.339 e. The van der Waals surface area contributed by atoms with Crippen LogP contribution in [0.1, 0.15) is 10.4 Å². The highest BCUT2D eigenvalue weighted by Crippen LogP contribution is 2.34. The number of methoxy groups -OCH3 is 1. The highest BCUT2D eigenvalue weighted by Gasteiger charge is 2.23. The molecular weight excluding hydrogens is 438 g/mol. The van der Waals surface area contributed by atoms with E-state index in [2.05, 4.69) is 25.7 Å². The van der Waals surface area contributed by atoms with Gasteiger partial charge in [-0.2, -0.15) is 0 Å². The molecule has 0 radical (unpaired) electrons. The quantitative estimate of drug-likeness (QED) is 0.313. The van der Waals surface area contributed by atoms with Gasteiger partial charge in [0.25, 0.3) is 5.69 Å². The molecule has 142 valence electrons. The summed E-state index contributed by atoms with van der Waals surface area (Å²) < 4.78 is 33.9. The molecule has 0 aliphatic rings. The summed E-state index contributed by atoms with van der Waals surface area (Å²) >= 11 is 3.15. The Hall–Kier alpha value is -3.20. The lowest BCUT2D eigenvalue weighted by atomic mass is 10.0. The number of nitro groups is 1. The van der Waals surface area contributed by atoms with Crippen molar-refractivity contribution in [3.05, 3.63) is 80.4 Å². The molecule has 0 amide bonds. The normalized spacial score (nSPS) is 10.6. The minimum absolute atomic E-state index is 0.132. The molecule has 0 aliphatic heterocycles. The molecular formula is C19H11BrF2N2O4. The number of hydrogen-bond acceptors (Lipinski definition) is 5. The lowest BCUT2D eigenvalue weighted by Crippen LogP contribution is -2.05. The summed E-state index contributed by atoms with van der Waals surface area (Å²) in [7, 11) is 1.13. The molecule has 3 aromatic rings. The number of carbonyl (C=O) groups is 1. The minimum atomic E-state index is -0.818. The first kappa shape index (κ1) is 19.6. The van der Waals surface area contributed by atoms with E-state index in [4.69, 9.17) is 0 Å². The van der Waals surface area contributed by atoms with E-state index in [1.807, 2.05) is 0 Å². The molecule has 0 N–H and O–H groups in total. The Bertz CT molecular complexity index is 1110. The van der Waals surface area contributed by atoms with E-state index in [0.29, 0.717) is 4.47 Å². The molecule has 1 aromatic heterocycles. The van der Waals surface area contributed by atoms with Crippen LogP contribution in [-0.2, 0) is 4.74 Å². The van der Waals surface area contributed by atoms with Crippen molar-refractivity contribution in [1.82, 2.24) is 4.98 Å². The Kier molecular flexibility index (Phi) is 5.46. The van der Waals surface area contributed by atoms with Crippen LogP contribution in [-0.4, -0.2) is 23.0 Å². The highest BCUT2D eigenvalue weighted by molar-refractivity contribution is 9.10. The maximum atomic E-state index is 14.7. The van der Waals surface area contributed by atoms with Gasteiger partial charge in [-0.1, -0.05) is 28.1 Å². The van der Waals surface area contributed by atoms with Gasteiger partial charge >= 0.3 is 5.97 Å². The van der Waals surface area contributed by atoms with Crippen LogP contribution in [0.4, 0.5) is 14.5 Å². The number of benzene rings is 2. The number of carbonyl (C=O) groups excluding carboxylic acids is 1. The molecule has 0 unspecified atom stereocenters. The SMILES string of the molecule is COC(=O)c1cnc(-c2ccc(-c3ccc(Br)cc3F)cc2F)c([N+](=O)[O-])c1. The fraction of sp³-hybridized carbons (Fsp3) is 0.0526. The maximum absolute atomic E-state index is 14.7. The van der Waals surface area contributed by atoms with Crippen LogP contribution in [0, 0.1) is 21.7 Å². The number of aromatic nitrogens is 1.